The van der Waals surface area contributed by atoms with Crippen molar-refractivity contribution in [2.24, 2.45) is 5.41 Å². The summed E-state index contributed by atoms with van der Waals surface area (Å²) in [4.78, 5) is 0. The average molecular weight is 211 g/mol. The Labute approximate surface area is 94.1 Å². The normalized spacial score (nSPS) is 19.3. The zero-order valence-electron chi connectivity index (χ0n) is 10.6. The van der Waals surface area contributed by atoms with Crippen molar-refractivity contribution in [3.63, 3.8) is 0 Å². The Morgan fingerprint density at radius 3 is 2.67 bits per heavy atom. The minimum absolute atomic E-state index is 0.308. The molecule has 88 valence electrons. The smallest absolute Gasteiger partial charge is 0.0876 e. The van der Waals surface area contributed by atoms with Gasteiger partial charge in [-0.15, -0.1) is 0 Å². The summed E-state index contributed by atoms with van der Waals surface area (Å²) in [5, 5.41) is 3.60. The summed E-state index contributed by atoms with van der Waals surface area (Å²) in [6.07, 6.45) is 5.50. The van der Waals surface area contributed by atoms with Crippen LogP contribution in [0.25, 0.3) is 0 Å². The Kier molecular flexibility index (Phi) is 4.65. The van der Waals surface area contributed by atoms with Crippen LogP contribution in [0.15, 0.2) is 11.8 Å². The van der Waals surface area contributed by atoms with Crippen molar-refractivity contribution in [2.45, 2.75) is 53.0 Å². The molecule has 2 heteroatoms. The molecular formula is C13H25NO. The van der Waals surface area contributed by atoms with Crippen molar-refractivity contribution >= 4 is 0 Å². The molecule has 0 spiro atoms. The molecule has 0 bridgehead atoms. The molecule has 0 amide bonds. The first-order chi connectivity index (χ1) is 7.11. The summed E-state index contributed by atoms with van der Waals surface area (Å²) in [5.74, 6) is 0. The molecule has 0 fully saturated rings. The van der Waals surface area contributed by atoms with Gasteiger partial charge in [0.2, 0.25) is 0 Å². The molecule has 0 saturated heterocycles. The molecule has 0 aromatic rings. The predicted molar refractivity (Wildman–Crippen MR) is 64.8 cm³/mol. The first-order valence-electron chi connectivity index (χ1n) is 6.15. The van der Waals surface area contributed by atoms with Crippen LogP contribution >= 0.6 is 0 Å². The van der Waals surface area contributed by atoms with Crippen LogP contribution in [0.4, 0.5) is 0 Å². The van der Waals surface area contributed by atoms with Gasteiger partial charge in [0.1, 0.15) is 0 Å². The minimum atomic E-state index is 0.308. The Balaban J connectivity index is 2.76. The molecule has 1 heterocycles. The number of hydrogen-bond acceptors (Lipinski definition) is 2. The summed E-state index contributed by atoms with van der Waals surface area (Å²) >= 11 is 0. The second kappa shape index (κ2) is 5.55. The summed E-state index contributed by atoms with van der Waals surface area (Å²) < 4.78 is 5.45. The number of likely N-dealkylation sites (N-methyl/N-ethyl adjacent to an activating group) is 1. The van der Waals surface area contributed by atoms with Gasteiger partial charge in [0, 0.05) is 6.04 Å². The van der Waals surface area contributed by atoms with Crippen LogP contribution in [0.3, 0.4) is 0 Å². The predicted octanol–water partition coefficient (Wildman–Crippen LogP) is 3.10. The fraction of sp³-hybridized carbons (Fsp3) is 0.846. The van der Waals surface area contributed by atoms with E-state index in [0.717, 1.165) is 19.6 Å². The van der Waals surface area contributed by atoms with Gasteiger partial charge in [0.25, 0.3) is 0 Å². The lowest BCUT2D eigenvalue weighted by atomic mass is 9.77. The Hall–Kier alpha value is -0.500. The van der Waals surface area contributed by atoms with Crippen molar-refractivity contribution < 1.29 is 4.74 Å². The van der Waals surface area contributed by atoms with Gasteiger partial charge in [-0.3, -0.25) is 0 Å². The van der Waals surface area contributed by atoms with Crippen molar-refractivity contribution in [2.75, 3.05) is 13.2 Å². The molecule has 0 radical (unpaired) electrons. The quantitative estimate of drug-likeness (QED) is 0.754. The SMILES string of the molecule is CCNC(C1=COCCC1)C(C)(C)CC. The molecule has 1 atom stereocenters. The third-order valence-electron chi connectivity index (χ3n) is 3.43. The summed E-state index contributed by atoms with van der Waals surface area (Å²) in [5.41, 5.74) is 1.75. The molecule has 15 heavy (non-hydrogen) atoms. The molecule has 0 aromatic carbocycles. The highest BCUT2D eigenvalue weighted by Gasteiger charge is 2.30. The van der Waals surface area contributed by atoms with E-state index in [4.69, 9.17) is 4.74 Å². The molecule has 1 N–H and O–H groups in total. The number of hydrogen-bond donors (Lipinski definition) is 1. The van der Waals surface area contributed by atoms with Crippen LogP contribution in [0, 0.1) is 5.41 Å². The first kappa shape index (κ1) is 12.6. The third-order valence-corrected chi connectivity index (χ3v) is 3.43. The molecule has 1 unspecified atom stereocenters. The van der Waals surface area contributed by atoms with Crippen molar-refractivity contribution in [3.05, 3.63) is 11.8 Å². The molecular weight excluding hydrogens is 186 g/mol. The lowest BCUT2D eigenvalue weighted by molar-refractivity contribution is 0.196. The lowest BCUT2D eigenvalue weighted by Crippen LogP contribution is -2.43. The fourth-order valence-corrected chi connectivity index (χ4v) is 2.11. The van der Waals surface area contributed by atoms with Gasteiger partial charge in [-0.2, -0.15) is 0 Å². The van der Waals surface area contributed by atoms with Gasteiger partial charge in [0.15, 0.2) is 0 Å². The second-order valence-electron chi connectivity index (χ2n) is 5.00. The van der Waals surface area contributed by atoms with Gasteiger partial charge >= 0.3 is 0 Å². The summed E-state index contributed by atoms with van der Waals surface area (Å²) in [6.45, 7) is 11.0. The van der Waals surface area contributed by atoms with Crippen molar-refractivity contribution in [1.82, 2.24) is 5.32 Å². The largest absolute Gasteiger partial charge is 0.501 e. The van der Waals surface area contributed by atoms with Crippen LogP contribution in [0.1, 0.15) is 47.0 Å². The van der Waals surface area contributed by atoms with Gasteiger partial charge in [-0.05, 0) is 36.8 Å². The molecule has 1 rings (SSSR count). The van der Waals surface area contributed by atoms with E-state index < -0.39 is 0 Å². The summed E-state index contributed by atoms with van der Waals surface area (Å²) in [7, 11) is 0. The average Bonchev–Trinajstić information content (AvgIpc) is 2.27. The van der Waals surface area contributed by atoms with Crippen LogP contribution < -0.4 is 5.32 Å². The van der Waals surface area contributed by atoms with Gasteiger partial charge in [-0.25, -0.2) is 0 Å². The Morgan fingerprint density at radius 1 is 1.47 bits per heavy atom. The van der Waals surface area contributed by atoms with Gasteiger partial charge in [-0.1, -0.05) is 27.7 Å². The highest BCUT2D eigenvalue weighted by Crippen LogP contribution is 2.32. The van der Waals surface area contributed by atoms with E-state index in [-0.39, 0.29) is 0 Å². The Morgan fingerprint density at radius 2 is 2.20 bits per heavy atom. The fourth-order valence-electron chi connectivity index (χ4n) is 2.11. The van der Waals surface area contributed by atoms with Crippen molar-refractivity contribution in [1.29, 1.82) is 0 Å². The lowest BCUT2D eigenvalue weighted by Gasteiger charge is -2.36. The first-order valence-corrected chi connectivity index (χ1v) is 6.15. The topological polar surface area (TPSA) is 21.3 Å². The highest BCUT2D eigenvalue weighted by molar-refractivity contribution is 5.14. The summed E-state index contributed by atoms with van der Waals surface area (Å²) in [6, 6.07) is 0.466. The Bertz CT molecular complexity index is 221. The third kappa shape index (κ3) is 3.23. The van der Waals surface area contributed by atoms with Crippen molar-refractivity contribution in [3.8, 4) is 0 Å². The van der Waals surface area contributed by atoms with E-state index in [1.54, 1.807) is 0 Å². The zero-order chi connectivity index (χ0) is 11.3. The van der Waals surface area contributed by atoms with Gasteiger partial charge in [0.05, 0.1) is 12.9 Å². The molecule has 2 nitrogen and oxygen atoms in total. The minimum Gasteiger partial charge on any atom is -0.501 e. The van der Waals surface area contributed by atoms with E-state index in [1.165, 1.54) is 18.4 Å². The molecule has 1 aliphatic heterocycles. The zero-order valence-corrected chi connectivity index (χ0v) is 10.6. The number of nitrogens with one attached hydrogen (secondary N) is 1. The molecule has 0 saturated carbocycles. The maximum atomic E-state index is 5.45. The van der Waals surface area contributed by atoms with Crippen LogP contribution in [0.2, 0.25) is 0 Å². The van der Waals surface area contributed by atoms with E-state index in [1.807, 2.05) is 6.26 Å². The second-order valence-corrected chi connectivity index (χ2v) is 5.00. The monoisotopic (exact) mass is 211 g/mol. The molecule has 0 aromatic heterocycles. The van der Waals surface area contributed by atoms with Crippen LogP contribution in [-0.4, -0.2) is 19.2 Å². The number of ether oxygens (including phenoxy) is 1. The van der Waals surface area contributed by atoms with E-state index in [9.17, 15) is 0 Å². The maximum absolute atomic E-state index is 5.45. The van der Waals surface area contributed by atoms with E-state index >= 15 is 0 Å². The van der Waals surface area contributed by atoms with Gasteiger partial charge < -0.3 is 10.1 Å². The van der Waals surface area contributed by atoms with Crippen LogP contribution in [-0.2, 0) is 4.74 Å². The van der Waals surface area contributed by atoms with E-state index in [2.05, 4.69) is 33.0 Å². The maximum Gasteiger partial charge on any atom is 0.0876 e. The highest BCUT2D eigenvalue weighted by atomic mass is 16.5. The van der Waals surface area contributed by atoms with E-state index in [0.29, 0.717) is 11.5 Å². The molecule has 1 aliphatic rings. The number of rotatable bonds is 5. The standard InChI is InChI=1S/C13H25NO/c1-5-13(3,4)12(14-6-2)11-8-7-9-15-10-11/h10,12,14H,5-9H2,1-4H3. The molecule has 0 aliphatic carbocycles. The van der Waals surface area contributed by atoms with Crippen LogP contribution in [0.5, 0.6) is 0 Å².